The van der Waals surface area contributed by atoms with Gasteiger partial charge < -0.3 is 15.2 Å². The molecule has 20 heavy (non-hydrogen) atoms. The Morgan fingerprint density at radius 1 is 1.25 bits per heavy atom. The van der Waals surface area contributed by atoms with Gasteiger partial charge in [-0.3, -0.25) is 0 Å². The lowest BCUT2D eigenvalue weighted by atomic mass is 10.2. The predicted molar refractivity (Wildman–Crippen MR) is 72.5 cm³/mol. The third-order valence-corrected chi connectivity index (χ3v) is 2.55. The van der Waals surface area contributed by atoms with Crippen LogP contribution in [0.5, 0.6) is 0 Å². The van der Waals surface area contributed by atoms with Gasteiger partial charge in [-0.25, -0.2) is 0 Å². The predicted octanol–water partition coefficient (Wildman–Crippen LogP) is 3.81. The summed E-state index contributed by atoms with van der Waals surface area (Å²) in [6.45, 7) is 1.69. The summed E-state index contributed by atoms with van der Waals surface area (Å²) in [5, 5.41) is 8.76. The number of anilines is 2. The highest BCUT2D eigenvalue weighted by atomic mass is 32.1. The van der Waals surface area contributed by atoms with Gasteiger partial charge in [-0.05, 0) is 31.3 Å². The number of aryl methyl sites for hydroxylation is 1. The van der Waals surface area contributed by atoms with Gasteiger partial charge in [0.1, 0.15) is 5.76 Å². The molecule has 0 radical (unpaired) electrons. The first-order valence-electron chi connectivity index (χ1n) is 5.54. The maximum Gasteiger partial charge on any atom is 0.418 e. The van der Waals surface area contributed by atoms with Crippen molar-refractivity contribution in [2.75, 3.05) is 10.6 Å². The highest BCUT2D eigenvalue weighted by Crippen LogP contribution is 2.34. The van der Waals surface area contributed by atoms with Crippen molar-refractivity contribution in [3.8, 4) is 0 Å². The van der Waals surface area contributed by atoms with Gasteiger partial charge in [0.15, 0.2) is 10.9 Å². The molecule has 4 nitrogen and oxygen atoms in total. The van der Waals surface area contributed by atoms with Gasteiger partial charge in [0, 0.05) is 6.07 Å². The lowest BCUT2D eigenvalue weighted by Gasteiger charge is -2.14. The van der Waals surface area contributed by atoms with E-state index in [0.29, 0.717) is 11.6 Å². The Labute approximate surface area is 118 Å². The van der Waals surface area contributed by atoms with Crippen LogP contribution in [0.2, 0.25) is 0 Å². The molecule has 0 aliphatic heterocycles. The number of hydrogen-bond donors (Lipinski definition) is 2. The van der Waals surface area contributed by atoms with E-state index in [0.717, 1.165) is 6.07 Å². The fraction of sp³-hybridized carbons (Fsp3) is 0.167. The highest BCUT2D eigenvalue weighted by Gasteiger charge is 2.33. The third kappa shape index (κ3) is 3.47. The van der Waals surface area contributed by atoms with E-state index in [4.69, 9.17) is 16.7 Å². The lowest BCUT2D eigenvalue weighted by molar-refractivity contribution is -0.136. The van der Waals surface area contributed by atoms with Gasteiger partial charge in [-0.1, -0.05) is 17.3 Å². The van der Waals surface area contributed by atoms with E-state index < -0.39 is 11.7 Å². The average Bonchev–Trinajstić information content (AvgIpc) is 2.73. The summed E-state index contributed by atoms with van der Waals surface area (Å²) >= 11 is 4.94. The first-order chi connectivity index (χ1) is 9.36. The SMILES string of the molecule is Cc1cc(NC(=S)Nc2ccccc2C(F)(F)F)no1. The highest BCUT2D eigenvalue weighted by molar-refractivity contribution is 7.80. The minimum atomic E-state index is -4.45. The number of aromatic nitrogens is 1. The zero-order valence-electron chi connectivity index (χ0n) is 10.3. The van der Waals surface area contributed by atoms with Crippen molar-refractivity contribution in [2.45, 2.75) is 13.1 Å². The van der Waals surface area contributed by atoms with Crippen molar-refractivity contribution in [3.05, 3.63) is 41.7 Å². The number of nitrogens with zero attached hydrogens (tertiary/aromatic N) is 1. The van der Waals surface area contributed by atoms with Crippen LogP contribution >= 0.6 is 12.2 Å². The van der Waals surface area contributed by atoms with Crippen LogP contribution in [0.3, 0.4) is 0 Å². The molecule has 0 unspecified atom stereocenters. The van der Waals surface area contributed by atoms with Gasteiger partial charge in [-0.2, -0.15) is 13.2 Å². The van der Waals surface area contributed by atoms with Crippen LogP contribution in [0, 0.1) is 6.92 Å². The smallest absolute Gasteiger partial charge is 0.360 e. The van der Waals surface area contributed by atoms with Crippen LogP contribution in [0.1, 0.15) is 11.3 Å². The molecule has 0 fully saturated rings. The number of alkyl halides is 3. The molecule has 0 atom stereocenters. The van der Waals surface area contributed by atoms with Crippen molar-refractivity contribution in [3.63, 3.8) is 0 Å². The van der Waals surface area contributed by atoms with E-state index in [2.05, 4.69) is 15.8 Å². The molecule has 2 aromatic rings. The summed E-state index contributed by atoms with van der Waals surface area (Å²) in [7, 11) is 0. The Morgan fingerprint density at radius 2 is 1.95 bits per heavy atom. The lowest BCUT2D eigenvalue weighted by Crippen LogP contribution is -2.21. The molecular weight excluding hydrogens is 291 g/mol. The summed E-state index contributed by atoms with van der Waals surface area (Å²) < 4.78 is 43.2. The van der Waals surface area contributed by atoms with Crippen LogP contribution in [0.25, 0.3) is 0 Å². The molecule has 8 heteroatoms. The van der Waals surface area contributed by atoms with Gasteiger partial charge in [0.05, 0.1) is 11.3 Å². The zero-order chi connectivity index (χ0) is 14.8. The zero-order valence-corrected chi connectivity index (χ0v) is 11.1. The number of benzene rings is 1. The molecule has 1 aromatic carbocycles. The molecule has 0 aliphatic rings. The molecule has 2 rings (SSSR count). The van der Waals surface area contributed by atoms with Crippen molar-refractivity contribution in [1.29, 1.82) is 0 Å². The summed E-state index contributed by atoms with van der Waals surface area (Å²) in [4.78, 5) is 0. The topological polar surface area (TPSA) is 50.1 Å². The standard InChI is InChI=1S/C12H10F3N3OS/c1-7-6-10(18-19-7)17-11(20)16-9-5-3-2-4-8(9)12(13,14)15/h2-6H,1H3,(H2,16,17,18,20). The van der Waals surface area contributed by atoms with Crippen LogP contribution in [-0.2, 0) is 6.18 Å². The molecule has 0 saturated carbocycles. The molecule has 2 N–H and O–H groups in total. The number of hydrogen-bond acceptors (Lipinski definition) is 3. The molecule has 0 amide bonds. The summed E-state index contributed by atoms with van der Waals surface area (Å²) in [6, 6.07) is 6.64. The largest absolute Gasteiger partial charge is 0.418 e. The first-order valence-corrected chi connectivity index (χ1v) is 5.94. The number of para-hydroxylation sites is 1. The van der Waals surface area contributed by atoms with E-state index in [1.807, 2.05) is 0 Å². The second-order valence-corrected chi connectivity index (χ2v) is 4.35. The fourth-order valence-electron chi connectivity index (χ4n) is 1.53. The Kier molecular flexibility index (Phi) is 3.93. The number of rotatable bonds is 2. The van der Waals surface area contributed by atoms with Crippen LogP contribution in [0.4, 0.5) is 24.7 Å². The summed E-state index contributed by atoms with van der Waals surface area (Å²) in [5.74, 6) is 0.885. The van der Waals surface area contributed by atoms with Crippen molar-refractivity contribution in [1.82, 2.24) is 5.16 Å². The monoisotopic (exact) mass is 301 g/mol. The molecule has 0 saturated heterocycles. The molecule has 0 bridgehead atoms. The minimum absolute atomic E-state index is 0.00463. The molecule has 0 aliphatic carbocycles. The minimum Gasteiger partial charge on any atom is -0.360 e. The number of nitrogens with one attached hydrogen (secondary N) is 2. The molecule has 0 spiro atoms. The Morgan fingerprint density at radius 3 is 2.55 bits per heavy atom. The molecule has 1 aromatic heterocycles. The second kappa shape index (κ2) is 5.49. The number of halogens is 3. The quantitative estimate of drug-likeness (QED) is 0.826. The van der Waals surface area contributed by atoms with Crippen molar-refractivity contribution in [2.24, 2.45) is 0 Å². The Bertz CT molecular complexity index is 624. The van der Waals surface area contributed by atoms with Crippen molar-refractivity contribution < 1.29 is 17.7 Å². The maximum atomic E-state index is 12.8. The van der Waals surface area contributed by atoms with Crippen molar-refractivity contribution >= 4 is 28.8 Å². The Balaban J connectivity index is 2.12. The van der Waals surface area contributed by atoms with Gasteiger partial charge >= 0.3 is 6.18 Å². The summed E-state index contributed by atoms with van der Waals surface area (Å²) in [6.07, 6.45) is -4.45. The fourth-order valence-corrected chi connectivity index (χ4v) is 1.75. The van der Waals surface area contributed by atoms with Crippen LogP contribution in [0.15, 0.2) is 34.9 Å². The van der Waals surface area contributed by atoms with E-state index in [-0.39, 0.29) is 10.8 Å². The second-order valence-electron chi connectivity index (χ2n) is 3.95. The van der Waals surface area contributed by atoms with E-state index in [1.165, 1.54) is 18.2 Å². The van der Waals surface area contributed by atoms with E-state index in [9.17, 15) is 13.2 Å². The van der Waals surface area contributed by atoms with Gasteiger partial charge in [0.25, 0.3) is 0 Å². The van der Waals surface area contributed by atoms with E-state index in [1.54, 1.807) is 13.0 Å². The molecule has 1 heterocycles. The van der Waals surface area contributed by atoms with Gasteiger partial charge in [-0.15, -0.1) is 0 Å². The number of thiocarbonyl (C=S) groups is 1. The van der Waals surface area contributed by atoms with Crippen LogP contribution < -0.4 is 10.6 Å². The van der Waals surface area contributed by atoms with Crippen LogP contribution in [-0.4, -0.2) is 10.3 Å². The molecular formula is C12H10F3N3OS. The van der Waals surface area contributed by atoms with E-state index >= 15 is 0 Å². The summed E-state index contributed by atoms with van der Waals surface area (Å²) in [5.41, 5.74) is -0.918. The normalized spacial score (nSPS) is 11.2. The first kappa shape index (κ1) is 14.3. The Hall–Kier alpha value is -2.09. The third-order valence-electron chi connectivity index (χ3n) is 2.35. The average molecular weight is 301 g/mol. The van der Waals surface area contributed by atoms with Gasteiger partial charge in [0.2, 0.25) is 0 Å². The molecule has 106 valence electrons. The maximum absolute atomic E-state index is 12.8.